The number of hydrogen-bond acceptors (Lipinski definition) is 5. The summed E-state index contributed by atoms with van der Waals surface area (Å²) in [6, 6.07) is 10.4. The van der Waals surface area contributed by atoms with E-state index in [1.807, 2.05) is 36.9 Å². The van der Waals surface area contributed by atoms with E-state index in [0.717, 1.165) is 30.5 Å². The summed E-state index contributed by atoms with van der Waals surface area (Å²) in [5.41, 5.74) is 0.688. The summed E-state index contributed by atoms with van der Waals surface area (Å²) in [6.45, 7) is 8.12. The van der Waals surface area contributed by atoms with Crippen molar-refractivity contribution in [1.82, 2.24) is 14.3 Å². The molecule has 5 nitrogen and oxygen atoms in total. The second-order valence-electron chi connectivity index (χ2n) is 7.47. The van der Waals surface area contributed by atoms with Crippen LogP contribution in [0.5, 0.6) is 0 Å². The van der Waals surface area contributed by atoms with E-state index in [1.54, 1.807) is 0 Å². The molecule has 0 spiro atoms. The molecule has 0 N–H and O–H groups in total. The number of benzene rings is 1. The highest BCUT2D eigenvalue weighted by Gasteiger charge is 2.36. The number of aromatic nitrogens is 2. The second kappa shape index (κ2) is 7.92. The van der Waals surface area contributed by atoms with Crippen molar-refractivity contribution in [3.63, 3.8) is 0 Å². The van der Waals surface area contributed by atoms with E-state index < -0.39 is 5.41 Å². The van der Waals surface area contributed by atoms with Gasteiger partial charge in [0.25, 0.3) is 0 Å². The number of alkyl halides is 1. The maximum absolute atomic E-state index is 12.7. The molecule has 1 aliphatic heterocycles. The molecule has 0 radical (unpaired) electrons. The fourth-order valence-electron chi connectivity index (χ4n) is 3.10. The molecule has 3 rings (SSSR count). The third-order valence-corrected chi connectivity index (χ3v) is 6.22. The fourth-order valence-corrected chi connectivity index (χ4v) is 3.94. The molecule has 7 heteroatoms. The van der Waals surface area contributed by atoms with Crippen molar-refractivity contribution in [3.8, 4) is 0 Å². The molecule has 1 aromatic heterocycles. The zero-order valence-electron chi connectivity index (χ0n) is 15.5. The van der Waals surface area contributed by atoms with Gasteiger partial charge in [-0.15, -0.1) is 11.6 Å². The molecule has 1 fully saturated rings. The lowest BCUT2D eigenvalue weighted by molar-refractivity contribution is -0.141. The van der Waals surface area contributed by atoms with Crippen molar-refractivity contribution < 1.29 is 4.79 Å². The lowest BCUT2D eigenvalue weighted by Gasteiger charge is -2.42. The van der Waals surface area contributed by atoms with Gasteiger partial charge in [0.2, 0.25) is 11.0 Å². The third kappa shape index (κ3) is 4.18. The lowest BCUT2D eigenvalue weighted by atomic mass is 9.93. The molecule has 0 aliphatic carbocycles. The highest BCUT2D eigenvalue weighted by atomic mass is 35.5. The first kappa shape index (κ1) is 19.1. The Hall–Kier alpha value is -1.66. The first-order valence-corrected chi connectivity index (χ1v) is 10.2. The molecule has 2 aromatic rings. The van der Waals surface area contributed by atoms with E-state index in [1.165, 1.54) is 17.1 Å². The van der Waals surface area contributed by atoms with E-state index in [9.17, 15) is 4.79 Å². The van der Waals surface area contributed by atoms with Gasteiger partial charge >= 0.3 is 0 Å². The van der Waals surface area contributed by atoms with Crippen molar-refractivity contribution in [2.45, 2.75) is 33.2 Å². The molecule has 1 saturated heterocycles. The minimum absolute atomic E-state index is 0.125. The van der Waals surface area contributed by atoms with Crippen LogP contribution in [0, 0.1) is 5.41 Å². The predicted molar refractivity (Wildman–Crippen MR) is 107 cm³/mol. The summed E-state index contributed by atoms with van der Waals surface area (Å²) in [6.07, 6.45) is 0.745. The van der Waals surface area contributed by atoms with Crippen molar-refractivity contribution in [3.05, 3.63) is 41.7 Å². The van der Waals surface area contributed by atoms with Crippen LogP contribution >= 0.6 is 23.1 Å². The maximum Gasteiger partial charge on any atom is 0.229 e. The Morgan fingerprint density at radius 2 is 2.04 bits per heavy atom. The van der Waals surface area contributed by atoms with E-state index in [2.05, 4.69) is 28.3 Å². The molecule has 1 aromatic carbocycles. The van der Waals surface area contributed by atoms with Gasteiger partial charge in [-0.1, -0.05) is 30.3 Å². The van der Waals surface area contributed by atoms with Crippen LogP contribution in [0.15, 0.2) is 30.3 Å². The number of hydrogen-bond donors (Lipinski definition) is 0. The zero-order chi connectivity index (χ0) is 18.7. The Kier molecular flexibility index (Phi) is 5.82. The lowest BCUT2D eigenvalue weighted by Crippen LogP contribution is -2.57. The van der Waals surface area contributed by atoms with Crippen LogP contribution in [0.3, 0.4) is 0 Å². The Balaban J connectivity index is 1.63. The molecule has 140 valence electrons. The number of nitrogens with zero attached hydrogens (tertiary/aromatic N) is 4. The molecule has 26 heavy (non-hydrogen) atoms. The molecule has 1 amide bonds. The van der Waals surface area contributed by atoms with E-state index in [0.29, 0.717) is 12.4 Å². The summed E-state index contributed by atoms with van der Waals surface area (Å²) in [5.74, 6) is 1.31. The fraction of sp³-hybridized carbons (Fsp3) is 0.526. The Morgan fingerprint density at radius 1 is 1.31 bits per heavy atom. The monoisotopic (exact) mass is 392 g/mol. The normalized spacial score (nSPS) is 18.2. The van der Waals surface area contributed by atoms with Gasteiger partial charge in [0.1, 0.15) is 5.82 Å². The average Bonchev–Trinajstić information content (AvgIpc) is 3.10. The number of carbonyl (C=O) groups excluding carboxylic acids is 1. The molecular weight excluding hydrogens is 368 g/mol. The van der Waals surface area contributed by atoms with Gasteiger partial charge in [-0.05, 0) is 26.3 Å². The number of rotatable bonds is 5. The number of anilines is 1. The first-order valence-electron chi connectivity index (χ1n) is 8.89. The van der Waals surface area contributed by atoms with Crippen LogP contribution in [0.25, 0.3) is 0 Å². The largest absolute Gasteiger partial charge is 0.343 e. The molecule has 0 saturated carbocycles. The standard InChI is InChI=1S/C19H25ClN4OS/c1-14-12-23(9-10-24(14)17(25)19(2,3)13-20)18-21-16(22-26-18)11-15-7-5-4-6-8-15/h4-8,14H,9-13H2,1-3H3/t14-/m1/s1. The quantitative estimate of drug-likeness (QED) is 0.731. The summed E-state index contributed by atoms with van der Waals surface area (Å²) in [4.78, 5) is 21.6. The zero-order valence-corrected chi connectivity index (χ0v) is 17.1. The highest BCUT2D eigenvalue weighted by molar-refractivity contribution is 7.09. The molecule has 0 unspecified atom stereocenters. The van der Waals surface area contributed by atoms with Gasteiger partial charge in [-0.2, -0.15) is 4.37 Å². The highest BCUT2D eigenvalue weighted by Crippen LogP contribution is 2.26. The molecule has 2 heterocycles. The molecule has 1 atom stereocenters. The summed E-state index contributed by atoms with van der Waals surface area (Å²) in [5, 5.41) is 0.937. The van der Waals surface area contributed by atoms with Crippen molar-refractivity contribution in [2.24, 2.45) is 5.41 Å². The van der Waals surface area contributed by atoms with Gasteiger partial charge < -0.3 is 9.80 Å². The van der Waals surface area contributed by atoms with Crippen LogP contribution in [0.2, 0.25) is 0 Å². The van der Waals surface area contributed by atoms with Crippen molar-refractivity contribution in [1.29, 1.82) is 0 Å². The second-order valence-corrected chi connectivity index (χ2v) is 8.46. The Morgan fingerprint density at radius 3 is 2.69 bits per heavy atom. The predicted octanol–water partition coefficient (Wildman–Crippen LogP) is 3.43. The minimum atomic E-state index is -0.524. The van der Waals surface area contributed by atoms with Crippen molar-refractivity contribution >= 4 is 34.2 Å². The Labute approximate surface area is 164 Å². The maximum atomic E-state index is 12.7. The van der Waals surface area contributed by atoms with E-state index in [-0.39, 0.29) is 11.9 Å². The summed E-state index contributed by atoms with van der Waals surface area (Å²) < 4.78 is 4.51. The number of halogens is 1. The number of amides is 1. The van der Waals surface area contributed by atoms with Gasteiger partial charge in [0.05, 0.1) is 5.41 Å². The summed E-state index contributed by atoms with van der Waals surface area (Å²) in [7, 11) is 0. The molecular formula is C19H25ClN4OS. The van der Waals surface area contributed by atoms with Crippen LogP contribution in [0.1, 0.15) is 32.2 Å². The van der Waals surface area contributed by atoms with Gasteiger partial charge in [0.15, 0.2) is 0 Å². The Bertz CT molecular complexity index is 749. The van der Waals surface area contributed by atoms with Gasteiger partial charge in [-0.3, -0.25) is 4.79 Å². The van der Waals surface area contributed by atoms with Gasteiger partial charge in [0, 0.05) is 49.5 Å². The number of piperazine rings is 1. The SMILES string of the molecule is C[C@@H]1CN(c2nc(Cc3ccccc3)ns2)CCN1C(=O)C(C)(C)CCl. The van der Waals surface area contributed by atoms with Crippen LogP contribution in [0.4, 0.5) is 5.13 Å². The third-order valence-electron chi connectivity index (χ3n) is 4.73. The van der Waals surface area contributed by atoms with Crippen molar-refractivity contribution in [2.75, 3.05) is 30.4 Å². The molecule has 1 aliphatic rings. The van der Waals surface area contributed by atoms with E-state index in [4.69, 9.17) is 16.6 Å². The van der Waals surface area contributed by atoms with Crippen LogP contribution in [-0.2, 0) is 11.2 Å². The average molecular weight is 393 g/mol. The summed E-state index contributed by atoms with van der Waals surface area (Å²) >= 11 is 7.41. The minimum Gasteiger partial charge on any atom is -0.343 e. The first-order chi connectivity index (χ1) is 12.4. The van der Waals surface area contributed by atoms with Crippen LogP contribution in [-0.4, -0.2) is 51.7 Å². The van der Waals surface area contributed by atoms with Gasteiger partial charge in [-0.25, -0.2) is 4.98 Å². The number of carbonyl (C=O) groups is 1. The smallest absolute Gasteiger partial charge is 0.229 e. The molecule has 0 bridgehead atoms. The van der Waals surface area contributed by atoms with E-state index >= 15 is 0 Å². The topological polar surface area (TPSA) is 49.3 Å². The van der Waals surface area contributed by atoms with Crippen LogP contribution < -0.4 is 4.90 Å².